The lowest BCUT2D eigenvalue weighted by molar-refractivity contribution is -0.138. The molecule has 0 amide bonds. The molecule has 0 radical (unpaired) electrons. The van der Waals surface area contributed by atoms with Crippen LogP contribution in [0.2, 0.25) is 0 Å². The molecule has 0 fully saturated rings. The van der Waals surface area contributed by atoms with Crippen LogP contribution in [0.4, 0.5) is 13.2 Å². The Morgan fingerprint density at radius 1 is 1.28 bits per heavy atom. The first kappa shape index (κ1) is 14.5. The highest BCUT2D eigenvalue weighted by Gasteiger charge is 2.31. The monoisotopic (exact) mass is 260 g/mol. The highest BCUT2D eigenvalue weighted by molar-refractivity contribution is 5.71. The molecule has 0 aromatic heterocycles. The van der Waals surface area contributed by atoms with Gasteiger partial charge >= 0.3 is 12.1 Å². The average Bonchev–Trinajstić information content (AvgIpc) is 2.25. The van der Waals surface area contributed by atoms with E-state index in [1.807, 2.05) is 6.92 Å². The third-order valence-corrected chi connectivity index (χ3v) is 2.67. The van der Waals surface area contributed by atoms with Gasteiger partial charge in [0.1, 0.15) is 0 Å². The molecule has 2 nitrogen and oxygen atoms in total. The van der Waals surface area contributed by atoms with E-state index < -0.39 is 17.7 Å². The predicted molar refractivity (Wildman–Crippen MR) is 61.4 cm³/mol. The maximum atomic E-state index is 12.5. The highest BCUT2D eigenvalue weighted by atomic mass is 19.4. The van der Waals surface area contributed by atoms with Crippen molar-refractivity contribution in [3.05, 3.63) is 34.9 Å². The van der Waals surface area contributed by atoms with E-state index in [-0.39, 0.29) is 12.0 Å². The number of halogens is 3. The minimum atomic E-state index is -4.43. The summed E-state index contributed by atoms with van der Waals surface area (Å²) in [5.41, 5.74) is 0.150. The van der Waals surface area contributed by atoms with E-state index in [2.05, 4.69) is 0 Å². The van der Waals surface area contributed by atoms with Gasteiger partial charge in [0.25, 0.3) is 0 Å². The van der Waals surface area contributed by atoms with Gasteiger partial charge in [-0.15, -0.1) is 0 Å². The van der Waals surface area contributed by atoms with Gasteiger partial charge < -0.3 is 5.11 Å². The molecule has 1 aromatic rings. The van der Waals surface area contributed by atoms with Crippen LogP contribution in [0.3, 0.4) is 0 Å². The van der Waals surface area contributed by atoms with Crippen molar-refractivity contribution < 1.29 is 23.1 Å². The summed E-state index contributed by atoms with van der Waals surface area (Å²) < 4.78 is 37.6. The third-order valence-electron chi connectivity index (χ3n) is 2.67. The van der Waals surface area contributed by atoms with Crippen molar-refractivity contribution in [1.82, 2.24) is 0 Å². The fourth-order valence-corrected chi connectivity index (χ4v) is 1.74. The summed E-state index contributed by atoms with van der Waals surface area (Å²) in [5, 5.41) is 8.73. The molecule has 0 aliphatic carbocycles. The van der Waals surface area contributed by atoms with Crippen LogP contribution in [0.25, 0.3) is 0 Å². The molecule has 0 bridgehead atoms. The maximum Gasteiger partial charge on any atom is 0.416 e. The summed E-state index contributed by atoms with van der Waals surface area (Å²) in [6.45, 7) is 1.97. The first-order chi connectivity index (χ1) is 8.34. The molecule has 0 atom stereocenters. The molecule has 1 aromatic carbocycles. The van der Waals surface area contributed by atoms with Crippen LogP contribution in [0.5, 0.6) is 0 Å². The van der Waals surface area contributed by atoms with Crippen molar-refractivity contribution in [2.45, 2.75) is 38.8 Å². The fourth-order valence-electron chi connectivity index (χ4n) is 1.74. The number of unbranched alkanes of at least 4 members (excludes halogenated alkanes) is 1. The zero-order valence-electron chi connectivity index (χ0n) is 10.0. The zero-order valence-corrected chi connectivity index (χ0v) is 10.0. The summed E-state index contributed by atoms with van der Waals surface area (Å²) in [6.07, 6.45) is -2.46. The zero-order chi connectivity index (χ0) is 13.8. The second-order valence-corrected chi connectivity index (χ2v) is 4.16. The fraction of sp³-hybridized carbons (Fsp3) is 0.462. The second kappa shape index (κ2) is 5.89. The normalized spacial score (nSPS) is 11.6. The smallest absolute Gasteiger partial charge is 0.416 e. The number of carbonyl (C=O) groups is 1. The molecular formula is C13H15F3O2. The summed E-state index contributed by atoms with van der Waals surface area (Å²) >= 11 is 0. The number of carboxylic acid groups (broad SMARTS) is 1. The number of rotatable bonds is 5. The molecular weight excluding hydrogens is 245 g/mol. The SMILES string of the molecule is CCCCc1ccc(C(F)(F)F)cc1CC(=O)O. The Morgan fingerprint density at radius 2 is 1.94 bits per heavy atom. The van der Waals surface area contributed by atoms with Crippen molar-refractivity contribution >= 4 is 5.97 Å². The van der Waals surface area contributed by atoms with Gasteiger partial charge in [-0.1, -0.05) is 19.4 Å². The minimum absolute atomic E-state index is 0.255. The Bertz CT molecular complexity index is 425. The predicted octanol–water partition coefficient (Wildman–Crippen LogP) is 3.68. The van der Waals surface area contributed by atoms with Crippen molar-refractivity contribution in [3.8, 4) is 0 Å². The van der Waals surface area contributed by atoms with Gasteiger partial charge in [0, 0.05) is 0 Å². The van der Waals surface area contributed by atoms with Crippen LogP contribution in [-0.2, 0) is 23.8 Å². The van der Waals surface area contributed by atoms with Gasteiger partial charge in [-0.25, -0.2) is 0 Å². The van der Waals surface area contributed by atoms with Crippen molar-refractivity contribution in [2.75, 3.05) is 0 Å². The van der Waals surface area contributed by atoms with E-state index in [1.54, 1.807) is 0 Å². The van der Waals surface area contributed by atoms with E-state index in [1.165, 1.54) is 6.07 Å². The molecule has 1 rings (SSSR count). The maximum absolute atomic E-state index is 12.5. The van der Waals surface area contributed by atoms with E-state index in [0.717, 1.165) is 25.0 Å². The standard InChI is InChI=1S/C13H15F3O2/c1-2-3-4-9-5-6-11(13(14,15)16)7-10(9)8-12(17)18/h5-7H,2-4,8H2,1H3,(H,17,18). The highest BCUT2D eigenvalue weighted by Crippen LogP contribution is 2.31. The van der Waals surface area contributed by atoms with E-state index in [9.17, 15) is 18.0 Å². The molecule has 100 valence electrons. The number of hydrogen-bond acceptors (Lipinski definition) is 1. The van der Waals surface area contributed by atoms with Gasteiger partial charge in [0.15, 0.2) is 0 Å². The first-order valence-corrected chi connectivity index (χ1v) is 5.75. The third kappa shape index (κ3) is 4.05. The summed E-state index contributed by atoms with van der Waals surface area (Å²) in [7, 11) is 0. The lowest BCUT2D eigenvalue weighted by Crippen LogP contribution is -2.09. The summed E-state index contributed by atoms with van der Waals surface area (Å²) in [6, 6.07) is 3.34. The van der Waals surface area contributed by atoms with Gasteiger partial charge in [0.05, 0.1) is 12.0 Å². The molecule has 0 unspecified atom stereocenters. The van der Waals surface area contributed by atoms with Gasteiger partial charge in [-0.2, -0.15) is 13.2 Å². The van der Waals surface area contributed by atoms with Crippen LogP contribution in [0.15, 0.2) is 18.2 Å². The molecule has 0 saturated heterocycles. The number of hydrogen-bond donors (Lipinski definition) is 1. The van der Waals surface area contributed by atoms with Crippen molar-refractivity contribution in [2.24, 2.45) is 0 Å². The summed E-state index contributed by atoms with van der Waals surface area (Å²) in [4.78, 5) is 10.7. The van der Waals surface area contributed by atoms with Gasteiger partial charge in [0.2, 0.25) is 0 Å². The van der Waals surface area contributed by atoms with E-state index >= 15 is 0 Å². The van der Waals surface area contributed by atoms with Gasteiger partial charge in [-0.3, -0.25) is 4.79 Å². The molecule has 0 aliphatic rings. The molecule has 0 spiro atoms. The van der Waals surface area contributed by atoms with E-state index in [4.69, 9.17) is 5.11 Å². The largest absolute Gasteiger partial charge is 0.481 e. The van der Waals surface area contributed by atoms with Crippen molar-refractivity contribution in [3.63, 3.8) is 0 Å². The van der Waals surface area contributed by atoms with Crippen LogP contribution in [-0.4, -0.2) is 11.1 Å². The molecule has 18 heavy (non-hydrogen) atoms. The summed E-state index contributed by atoms with van der Waals surface area (Å²) in [5.74, 6) is -1.12. The van der Waals surface area contributed by atoms with E-state index in [0.29, 0.717) is 12.0 Å². The second-order valence-electron chi connectivity index (χ2n) is 4.16. The van der Waals surface area contributed by atoms with Crippen LogP contribution >= 0.6 is 0 Å². The lowest BCUT2D eigenvalue weighted by Gasteiger charge is -2.12. The van der Waals surface area contributed by atoms with Crippen molar-refractivity contribution in [1.29, 1.82) is 0 Å². The Hall–Kier alpha value is -1.52. The number of aryl methyl sites for hydroxylation is 1. The molecule has 5 heteroatoms. The Kier molecular flexibility index (Phi) is 4.76. The quantitative estimate of drug-likeness (QED) is 0.876. The average molecular weight is 260 g/mol. The number of alkyl halides is 3. The Balaban J connectivity index is 3.07. The lowest BCUT2D eigenvalue weighted by atomic mass is 9.97. The van der Waals surface area contributed by atoms with Crippen LogP contribution in [0, 0.1) is 0 Å². The molecule has 0 saturated carbocycles. The number of carboxylic acids is 1. The number of aliphatic carboxylic acids is 1. The minimum Gasteiger partial charge on any atom is -0.481 e. The number of benzene rings is 1. The Labute approximate surface area is 103 Å². The molecule has 1 N–H and O–H groups in total. The first-order valence-electron chi connectivity index (χ1n) is 5.75. The molecule has 0 heterocycles. The van der Waals surface area contributed by atoms with Gasteiger partial charge in [-0.05, 0) is 36.1 Å². The topological polar surface area (TPSA) is 37.3 Å². The van der Waals surface area contributed by atoms with Crippen LogP contribution in [0.1, 0.15) is 36.5 Å². The van der Waals surface area contributed by atoms with Crippen LogP contribution < -0.4 is 0 Å². The Morgan fingerprint density at radius 3 is 2.44 bits per heavy atom. The molecule has 0 aliphatic heterocycles.